The number of halogens is 3. The highest BCUT2D eigenvalue weighted by atomic mass is 32.2. The molecule has 0 spiro atoms. The minimum atomic E-state index is -4.69. The van der Waals surface area contributed by atoms with Gasteiger partial charge in [-0.3, -0.25) is 4.79 Å². The van der Waals surface area contributed by atoms with E-state index in [1.165, 1.54) is 4.72 Å². The van der Waals surface area contributed by atoms with E-state index in [1.807, 2.05) is 0 Å². The second-order valence-corrected chi connectivity index (χ2v) is 4.51. The minimum absolute atomic E-state index is 1.10. The first-order valence-electron chi connectivity index (χ1n) is 3.56. The van der Waals surface area contributed by atoms with Crippen LogP contribution < -0.4 is 10.5 Å². The van der Waals surface area contributed by atoms with Crippen LogP contribution in [0, 0.1) is 0 Å². The topological polar surface area (TPSA) is 109 Å². The van der Waals surface area contributed by atoms with Gasteiger partial charge in [0, 0.05) is 0 Å². The van der Waals surface area contributed by atoms with Crippen LogP contribution in [0.5, 0.6) is 0 Å². The Bertz CT molecular complexity index is 326. The third-order valence-corrected chi connectivity index (χ3v) is 2.59. The molecular formula is C5H9F3N2O4S. The fourth-order valence-electron chi connectivity index (χ4n) is 0.558. The summed E-state index contributed by atoms with van der Waals surface area (Å²) in [7, 11) is -4.33. The molecule has 0 aromatic carbocycles. The van der Waals surface area contributed by atoms with Crippen molar-refractivity contribution in [1.82, 2.24) is 4.72 Å². The Balaban J connectivity index is 4.27. The second kappa shape index (κ2) is 4.77. The van der Waals surface area contributed by atoms with Crippen LogP contribution >= 0.6 is 0 Å². The molecule has 6 nitrogen and oxygen atoms in total. The highest BCUT2D eigenvalue weighted by Gasteiger charge is 2.30. The van der Waals surface area contributed by atoms with Gasteiger partial charge in [-0.2, -0.15) is 13.2 Å². The van der Waals surface area contributed by atoms with Crippen LogP contribution in [0.4, 0.5) is 13.2 Å². The summed E-state index contributed by atoms with van der Waals surface area (Å²) in [5.41, 5.74) is 4.84. The molecular weight excluding hydrogens is 241 g/mol. The number of hydrogen-bond donors (Lipinski definition) is 3. The van der Waals surface area contributed by atoms with Crippen molar-refractivity contribution >= 4 is 16.0 Å². The maximum Gasteiger partial charge on any atom is 0.402 e. The van der Waals surface area contributed by atoms with Crippen LogP contribution in [0.25, 0.3) is 0 Å². The number of carboxylic acid groups (broad SMARTS) is 1. The summed E-state index contributed by atoms with van der Waals surface area (Å²) < 4.78 is 57.7. The van der Waals surface area contributed by atoms with Crippen molar-refractivity contribution in [1.29, 1.82) is 0 Å². The summed E-state index contributed by atoms with van der Waals surface area (Å²) in [5, 5.41) is 8.23. The van der Waals surface area contributed by atoms with Gasteiger partial charge in [-0.15, -0.1) is 0 Å². The summed E-state index contributed by atoms with van der Waals surface area (Å²) in [6.07, 6.45) is -4.69. The summed E-state index contributed by atoms with van der Waals surface area (Å²) >= 11 is 0. The van der Waals surface area contributed by atoms with Gasteiger partial charge in [-0.1, -0.05) is 0 Å². The summed E-state index contributed by atoms with van der Waals surface area (Å²) in [4.78, 5) is 10.1. The van der Waals surface area contributed by atoms with Crippen LogP contribution in [0.2, 0.25) is 0 Å². The van der Waals surface area contributed by atoms with Gasteiger partial charge < -0.3 is 10.8 Å². The van der Waals surface area contributed by atoms with E-state index in [4.69, 9.17) is 10.8 Å². The Kier molecular flexibility index (Phi) is 4.49. The van der Waals surface area contributed by atoms with E-state index >= 15 is 0 Å². The lowest BCUT2D eigenvalue weighted by atomic mass is 10.4. The molecule has 0 heterocycles. The Hall–Kier alpha value is -0.870. The normalized spacial score (nSPS) is 14.9. The molecule has 0 saturated heterocycles. The van der Waals surface area contributed by atoms with Crippen molar-refractivity contribution in [3.63, 3.8) is 0 Å². The molecule has 0 bridgehead atoms. The van der Waals surface area contributed by atoms with E-state index in [9.17, 15) is 26.4 Å². The van der Waals surface area contributed by atoms with Gasteiger partial charge >= 0.3 is 12.1 Å². The van der Waals surface area contributed by atoms with Gasteiger partial charge in [0.15, 0.2) is 0 Å². The summed E-state index contributed by atoms with van der Waals surface area (Å²) in [6, 6.07) is -1.75. The SMILES string of the molecule is N[C@@H](CS(=O)(=O)NCC(F)(F)F)C(=O)O. The Morgan fingerprint density at radius 2 is 1.93 bits per heavy atom. The molecule has 4 N–H and O–H groups in total. The number of alkyl halides is 3. The minimum Gasteiger partial charge on any atom is -0.480 e. The molecule has 1 atom stereocenters. The van der Waals surface area contributed by atoms with Crippen LogP contribution in [0.15, 0.2) is 0 Å². The maximum atomic E-state index is 11.6. The smallest absolute Gasteiger partial charge is 0.402 e. The molecule has 0 aliphatic rings. The third-order valence-electron chi connectivity index (χ3n) is 1.21. The number of hydrogen-bond acceptors (Lipinski definition) is 4. The zero-order valence-corrected chi connectivity index (χ0v) is 8.10. The van der Waals surface area contributed by atoms with Crippen molar-refractivity contribution in [2.45, 2.75) is 12.2 Å². The fourth-order valence-corrected chi connectivity index (χ4v) is 1.68. The zero-order chi connectivity index (χ0) is 12.3. The van der Waals surface area contributed by atoms with Gasteiger partial charge in [0.1, 0.15) is 12.6 Å². The zero-order valence-electron chi connectivity index (χ0n) is 7.28. The molecule has 0 aliphatic carbocycles. The lowest BCUT2D eigenvalue weighted by molar-refractivity contribution is -0.137. The van der Waals surface area contributed by atoms with Gasteiger partial charge in [0.05, 0.1) is 5.75 Å². The highest BCUT2D eigenvalue weighted by molar-refractivity contribution is 7.89. The molecule has 0 aromatic heterocycles. The van der Waals surface area contributed by atoms with Crippen LogP contribution in [0.3, 0.4) is 0 Å². The molecule has 0 fully saturated rings. The first kappa shape index (κ1) is 14.1. The molecule has 10 heteroatoms. The van der Waals surface area contributed by atoms with Crippen molar-refractivity contribution < 1.29 is 31.5 Å². The molecule has 0 unspecified atom stereocenters. The van der Waals surface area contributed by atoms with Crippen molar-refractivity contribution in [3.05, 3.63) is 0 Å². The fraction of sp³-hybridized carbons (Fsp3) is 0.800. The average molecular weight is 250 g/mol. The number of carboxylic acids is 1. The second-order valence-electron chi connectivity index (χ2n) is 2.66. The standard InChI is InChI=1S/C5H9F3N2O4S/c6-5(7,8)2-10-15(13,14)1-3(9)4(11)12/h3,10H,1-2,9H2,(H,11,12)/t3-/m0/s1. The van der Waals surface area contributed by atoms with Crippen LogP contribution in [0.1, 0.15) is 0 Å². The van der Waals surface area contributed by atoms with Gasteiger partial charge in [-0.25, -0.2) is 13.1 Å². The quantitative estimate of drug-likeness (QED) is 0.572. The van der Waals surface area contributed by atoms with E-state index in [-0.39, 0.29) is 0 Å². The van der Waals surface area contributed by atoms with Gasteiger partial charge in [-0.05, 0) is 0 Å². The maximum absolute atomic E-state index is 11.6. The first-order valence-corrected chi connectivity index (χ1v) is 5.21. The van der Waals surface area contributed by atoms with Crippen molar-refractivity contribution in [2.24, 2.45) is 5.73 Å². The number of sulfonamides is 1. The molecule has 0 saturated carbocycles. The third kappa shape index (κ3) is 7.11. The molecule has 90 valence electrons. The van der Waals surface area contributed by atoms with Crippen molar-refractivity contribution in [2.75, 3.05) is 12.3 Å². The predicted molar refractivity (Wildman–Crippen MR) is 43.5 cm³/mol. The highest BCUT2D eigenvalue weighted by Crippen LogP contribution is 2.12. The average Bonchev–Trinajstić information content (AvgIpc) is 1.99. The van der Waals surface area contributed by atoms with E-state index in [1.54, 1.807) is 0 Å². The van der Waals surface area contributed by atoms with E-state index in [2.05, 4.69) is 0 Å². The van der Waals surface area contributed by atoms with Gasteiger partial charge in [0.2, 0.25) is 10.0 Å². The lowest BCUT2D eigenvalue weighted by Gasteiger charge is -2.10. The largest absolute Gasteiger partial charge is 0.480 e. The molecule has 0 rings (SSSR count). The number of aliphatic carboxylic acids is 1. The van der Waals surface area contributed by atoms with Gasteiger partial charge in [0.25, 0.3) is 0 Å². The number of nitrogens with two attached hydrogens (primary N) is 1. The number of carbonyl (C=O) groups is 1. The molecule has 0 radical (unpaired) electrons. The first-order chi connectivity index (χ1) is 6.53. The Labute approximate surface area is 83.3 Å². The Morgan fingerprint density at radius 1 is 1.47 bits per heavy atom. The van der Waals surface area contributed by atoms with E-state index in [0.29, 0.717) is 0 Å². The molecule has 0 aliphatic heterocycles. The molecule has 15 heavy (non-hydrogen) atoms. The summed E-state index contributed by atoms with van der Waals surface area (Å²) in [6.45, 7) is -1.75. The number of nitrogens with one attached hydrogen (secondary N) is 1. The van der Waals surface area contributed by atoms with Crippen molar-refractivity contribution in [3.8, 4) is 0 Å². The van der Waals surface area contributed by atoms with Crippen LogP contribution in [-0.2, 0) is 14.8 Å². The lowest BCUT2D eigenvalue weighted by Crippen LogP contribution is -2.43. The monoisotopic (exact) mass is 250 g/mol. The van der Waals surface area contributed by atoms with Crippen LogP contribution in [-0.4, -0.2) is 44.0 Å². The Morgan fingerprint density at radius 3 is 2.27 bits per heavy atom. The van der Waals surface area contributed by atoms with E-state index in [0.717, 1.165) is 0 Å². The predicted octanol–water partition coefficient (Wildman–Crippen LogP) is -1.12. The summed E-state index contributed by atoms with van der Waals surface area (Å²) in [5.74, 6) is -2.70. The number of rotatable bonds is 5. The molecule has 0 aromatic rings. The van der Waals surface area contributed by atoms with E-state index < -0.39 is 40.5 Å². The molecule has 0 amide bonds.